The number of Topliss-reactive ketones (excluding diaryl/α,β-unsaturated/α-hetero) is 1. The lowest BCUT2D eigenvalue weighted by Gasteiger charge is -2.12. The third-order valence-electron chi connectivity index (χ3n) is 3.61. The molecule has 0 fully saturated rings. The fourth-order valence-electron chi connectivity index (χ4n) is 2.27. The van der Waals surface area contributed by atoms with Gasteiger partial charge in [-0.15, -0.1) is 0 Å². The number of hydrogen-bond donors (Lipinski definition) is 0. The lowest BCUT2D eigenvalue weighted by Crippen LogP contribution is -2.12. The average Bonchev–Trinajstić information content (AvgIpc) is 2.69. The molecule has 142 valence electrons. The zero-order valence-electron chi connectivity index (χ0n) is 15.2. The van der Waals surface area contributed by atoms with Crippen molar-refractivity contribution < 1.29 is 28.5 Å². The molecule has 0 radical (unpaired) electrons. The standard InChI is InChI=1S/C20H19BrO6/c1-24-17-10-13(11-18(25-2)20(17)26-3)4-9-19(23)27-12-16(22)14-5-7-15(21)8-6-14/h4-11H,12H2,1-3H3. The Balaban J connectivity index is 2.01. The predicted molar refractivity (Wildman–Crippen MR) is 105 cm³/mol. The summed E-state index contributed by atoms with van der Waals surface area (Å²) < 4.78 is 21.6. The van der Waals surface area contributed by atoms with E-state index in [1.165, 1.54) is 33.5 Å². The molecule has 0 aliphatic carbocycles. The average molecular weight is 435 g/mol. The van der Waals surface area contributed by atoms with Crippen LogP contribution in [0.3, 0.4) is 0 Å². The van der Waals surface area contributed by atoms with Gasteiger partial charge in [0, 0.05) is 16.1 Å². The van der Waals surface area contributed by atoms with Crippen molar-refractivity contribution in [3.8, 4) is 17.2 Å². The van der Waals surface area contributed by atoms with Crippen molar-refractivity contribution in [1.29, 1.82) is 0 Å². The number of esters is 1. The molecule has 0 bridgehead atoms. The van der Waals surface area contributed by atoms with Crippen LogP contribution in [0.5, 0.6) is 17.2 Å². The normalized spacial score (nSPS) is 10.5. The molecule has 0 spiro atoms. The number of benzene rings is 2. The molecule has 0 aromatic heterocycles. The van der Waals surface area contributed by atoms with Gasteiger partial charge in [0.15, 0.2) is 23.9 Å². The van der Waals surface area contributed by atoms with Crippen molar-refractivity contribution >= 4 is 33.8 Å². The Morgan fingerprint density at radius 3 is 2.07 bits per heavy atom. The first-order chi connectivity index (χ1) is 13.0. The van der Waals surface area contributed by atoms with E-state index in [4.69, 9.17) is 18.9 Å². The van der Waals surface area contributed by atoms with Crippen LogP contribution in [0, 0.1) is 0 Å². The minimum absolute atomic E-state index is 0.281. The summed E-state index contributed by atoms with van der Waals surface area (Å²) in [4.78, 5) is 23.9. The number of carbonyl (C=O) groups is 2. The predicted octanol–water partition coefficient (Wildman–Crippen LogP) is 3.91. The molecule has 6 nitrogen and oxygen atoms in total. The minimum Gasteiger partial charge on any atom is -0.493 e. The van der Waals surface area contributed by atoms with Crippen molar-refractivity contribution in [3.63, 3.8) is 0 Å². The summed E-state index contributed by atoms with van der Waals surface area (Å²) in [5.74, 6) is 0.483. The highest BCUT2D eigenvalue weighted by Crippen LogP contribution is 2.38. The van der Waals surface area contributed by atoms with Gasteiger partial charge in [0.05, 0.1) is 21.3 Å². The van der Waals surface area contributed by atoms with E-state index in [1.54, 1.807) is 36.4 Å². The molecule has 0 heterocycles. The topological polar surface area (TPSA) is 71.1 Å². The molecule has 0 amide bonds. The highest BCUT2D eigenvalue weighted by molar-refractivity contribution is 9.10. The fraction of sp³-hybridized carbons (Fsp3) is 0.200. The van der Waals surface area contributed by atoms with Crippen LogP contribution in [0.15, 0.2) is 46.9 Å². The second-order valence-electron chi connectivity index (χ2n) is 5.33. The largest absolute Gasteiger partial charge is 0.493 e. The van der Waals surface area contributed by atoms with Gasteiger partial charge in [-0.2, -0.15) is 0 Å². The molecule has 0 saturated carbocycles. The minimum atomic E-state index is -0.630. The number of ketones is 1. The van der Waals surface area contributed by atoms with Gasteiger partial charge in [0.1, 0.15) is 0 Å². The molecule has 7 heteroatoms. The SMILES string of the molecule is COc1cc(C=CC(=O)OCC(=O)c2ccc(Br)cc2)cc(OC)c1OC. The Hall–Kier alpha value is -2.80. The molecule has 0 unspecified atom stereocenters. The zero-order chi connectivity index (χ0) is 19.8. The molecule has 0 saturated heterocycles. The van der Waals surface area contributed by atoms with Crippen LogP contribution in [-0.2, 0) is 9.53 Å². The molecule has 0 N–H and O–H groups in total. The number of hydrogen-bond acceptors (Lipinski definition) is 6. The highest BCUT2D eigenvalue weighted by Gasteiger charge is 2.12. The first-order valence-electron chi connectivity index (χ1n) is 7.92. The molecule has 27 heavy (non-hydrogen) atoms. The Morgan fingerprint density at radius 2 is 1.56 bits per heavy atom. The molecule has 2 rings (SSSR count). The number of ether oxygens (including phenoxy) is 4. The first kappa shape index (κ1) is 20.5. The Morgan fingerprint density at radius 1 is 0.963 bits per heavy atom. The van der Waals surface area contributed by atoms with Crippen LogP contribution in [0.4, 0.5) is 0 Å². The summed E-state index contributed by atoms with van der Waals surface area (Å²) in [5.41, 5.74) is 1.13. The molecule has 2 aromatic carbocycles. The van der Waals surface area contributed by atoms with Gasteiger partial charge < -0.3 is 18.9 Å². The molecule has 2 aromatic rings. The molecule has 0 aliphatic rings. The lowest BCUT2D eigenvalue weighted by atomic mass is 10.1. The molecular formula is C20H19BrO6. The van der Waals surface area contributed by atoms with Crippen molar-refractivity contribution in [2.75, 3.05) is 27.9 Å². The third kappa shape index (κ3) is 5.59. The Kier molecular flexibility index (Phi) is 7.43. The second kappa shape index (κ2) is 9.78. The van der Waals surface area contributed by atoms with E-state index >= 15 is 0 Å². The van der Waals surface area contributed by atoms with Crippen molar-refractivity contribution in [2.45, 2.75) is 0 Å². The number of carbonyl (C=O) groups excluding carboxylic acids is 2. The summed E-state index contributed by atoms with van der Waals surface area (Å²) >= 11 is 3.30. The van der Waals surface area contributed by atoms with Gasteiger partial charge in [0.2, 0.25) is 5.75 Å². The van der Waals surface area contributed by atoms with Gasteiger partial charge in [-0.3, -0.25) is 4.79 Å². The van der Waals surface area contributed by atoms with Gasteiger partial charge in [-0.1, -0.05) is 28.1 Å². The van der Waals surface area contributed by atoms with E-state index in [-0.39, 0.29) is 12.4 Å². The summed E-state index contributed by atoms with van der Waals surface area (Å²) in [6, 6.07) is 10.2. The Bertz CT molecular complexity index is 817. The van der Waals surface area contributed by atoms with E-state index in [2.05, 4.69) is 15.9 Å². The van der Waals surface area contributed by atoms with Gasteiger partial charge in [0.25, 0.3) is 0 Å². The van der Waals surface area contributed by atoms with Gasteiger partial charge >= 0.3 is 5.97 Å². The quantitative estimate of drug-likeness (QED) is 0.356. The van der Waals surface area contributed by atoms with E-state index in [0.717, 1.165) is 4.47 Å². The van der Waals surface area contributed by atoms with Crippen molar-refractivity contribution in [3.05, 3.63) is 58.1 Å². The number of methoxy groups -OCH3 is 3. The maximum atomic E-state index is 12.0. The van der Waals surface area contributed by atoms with Crippen LogP contribution >= 0.6 is 15.9 Å². The summed E-state index contributed by atoms with van der Waals surface area (Å²) in [6.07, 6.45) is 2.77. The molecule has 0 atom stereocenters. The first-order valence-corrected chi connectivity index (χ1v) is 8.71. The van der Waals surface area contributed by atoms with Crippen LogP contribution in [-0.4, -0.2) is 39.7 Å². The highest BCUT2D eigenvalue weighted by atomic mass is 79.9. The van der Waals surface area contributed by atoms with Crippen molar-refractivity contribution in [1.82, 2.24) is 0 Å². The lowest BCUT2D eigenvalue weighted by molar-refractivity contribution is -0.136. The van der Waals surface area contributed by atoms with E-state index in [0.29, 0.717) is 28.4 Å². The van der Waals surface area contributed by atoms with Crippen LogP contribution < -0.4 is 14.2 Å². The summed E-state index contributed by atoms with van der Waals surface area (Å²) in [5, 5.41) is 0. The van der Waals surface area contributed by atoms with Crippen LogP contribution in [0.1, 0.15) is 15.9 Å². The molecule has 0 aliphatic heterocycles. The van der Waals surface area contributed by atoms with Crippen LogP contribution in [0.2, 0.25) is 0 Å². The monoisotopic (exact) mass is 434 g/mol. The van der Waals surface area contributed by atoms with E-state index in [9.17, 15) is 9.59 Å². The van der Waals surface area contributed by atoms with Crippen LogP contribution in [0.25, 0.3) is 6.08 Å². The third-order valence-corrected chi connectivity index (χ3v) is 4.14. The summed E-state index contributed by atoms with van der Waals surface area (Å²) in [7, 11) is 4.52. The number of rotatable bonds is 8. The van der Waals surface area contributed by atoms with Gasteiger partial charge in [-0.25, -0.2) is 4.79 Å². The Labute approximate surface area is 165 Å². The maximum Gasteiger partial charge on any atom is 0.331 e. The van der Waals surface area contributed by atoms with Gasteiger partial charge in [-0.05, 0) is 35.9 Å². The van der Waals surface area contributed by atoms with E-state index < -0.39 is 5.97 Å². The number of halogens is 1. The maximum absolute atomic E-state index is 12.0. The molecular weight excluding hydrogens is 416 g/mol. The second-order valence-corrected chi connectivity index (χ2v) is 6.25. The zero-order valence-corrected chi connectivity index (χ0v) is 16.7. The fourth-order valence-corrected chi connectivity index (χ4v) is 2.53. The van der Waals surface area contributed by atoms with Crippen molar-refractivity contribution in [2.24, 2.45) is 0 Å². The smallest absolute Gasteiger partial charge is 0.331 e. The van der Waals surface area contributed by atoms with E-state index in [1.807, 2.05) is 0 Å². The summed E-state index contributed by atoms with van der Waals surface area (Å²) in [6.45, 7) is -0.333.